The minimum atomic E-state index is -0.461. The fraction of sp³-hybridized carbons (Fsp3) is 0.273. The number of aromatic nitrogens is 2. The molecule has 1 aromatic carbocycles. The van der Waals surface area contributed by atoms with E-state index in [1.54, 1.807) is 7.05 Å². The topological polar surface area (TPSA) is 74.1 Å². The average Bonchev–Trinajstić information content (AvgIpc) is 2.60. The van der Waals surface area contributed by atoms with Crippen molar-refractivity contribution in [3.63, 3.8) is 0 Å². The number of rotatable bonds is 3. The smallest absolute Gasteiger partial charge is 0.388 e. The van der Waals surface area contributed by atoms with Crippen molar-refractivity contribution in [2.24, 2.45) is 12.8 Å². The summed E-state index contributed by atoms with van der Waals surface area (Å²) in [5.41, 5.74) is 7.38. The lowest BCUT2D eigenvalue weighted by atomic mass is 10.0. The highest BCUT2D eigenvalue weighted by molar-refractivity contribution is 5.58. The fourth-order valence-electron chi connectivity index (χ4n) is 1.56. The molecule has 2 rings (SSSR count). The monoisotopic (exact) mass is 219 g/mol. The molecule has 0 saturated heterocycles. The van der Waals surface area contributed by atoms with Gasteiger partial charge in [0.15, 0.2) is 0 Å². The van der Waals surface area contributed by atoms with Crippen LogP contribution >= 0.6 is 0 Å². The van der Waals surface area contributed by atoms with Crippen LogP contribution in [0, 0.1) is 0 Å². The predicted octanol–water partition coefficient (Wildman–Crippen LogP) is 0.542. The standard InChI is InChI=1S/C11H13N3O2/c1-14-11(15)16-10(13-14)9-5-3-2-4-8(9)6-7-12/h2-5H,6-7,12H2,1H3. The van der Waals surface area contributed by atoms with Crippen molar-refractivity contribution in [1.82, 2.24) is 9.78 Å². The van der Waals surface area contributed by atoms with Gasteiger partial charge in [-0.2, -0.15) is 4.68 Å². The van der Waals surface area contributed by atoms with Crippen LogP contribution in [0.25, 0.3) is 11.5 Å². The van der Waals surface area contributed by atoms with Crippen LogP contribution in [-0.4, -0.2) is 16.3 Å². The number of hydrogen-bond donors (Lipinski definition) is 1. The first kappa shape index (κ1) is 10.6. The maximum absolute atomic E-state index is 11.2. The van der Waals surface area contributed by atoms with Crippen LogP contribution in [0.1, 0.15) is 5.56 Å². The van der Waals surface area contributed by atoms with Crippen molar-refractivity contribution in [1.29, 1.82) is 0 Å². The van der Waals surface area contributed by atoms with Gasteiger partial charge in [-0.25, -0.2) is 4.79 Å². The van der Waals surface area contributed by atoms with Gasteiger partial charge in [0.05, 0.1) is 0 Å². The molecule has 0 unspecified atom stereocenters. The zero-order chi connectivity index (χ0) is 11.5. The highest BCUT2D eigenvalue weighted by Gasteiger charge is 2.11. The van der Waals surface area contributed by atoms with Gasteiger partial charge >= 0.3 is 5.76 Å². The summed E-state index contributed by atoms with van der Waals surface area (Å²) in [6.07, 6.45) is 0.733. The van der Waals surface area contributed by atoms with E-state index in [-0.39, 0.29) is 0 Å². The van der Waals surface area contributed by atoms with E-state index in [9.17, 15) is 4.79 Å². The van der Waals surface area contributed by atoms with Gasteiger partial charge in [-0.15, -0.1) is 5.10 Å². The molecular formula is C11H13N3O2. The highest BCUT2D eigenvalue weighted by atomic mass is 16.4. The maximum Gasteiger partial charge on any atom is 0.437 e. The molecule has 0 aliphatic rings. The molecular weight excluding hydrogens is 206 g/mol. The molecule has 1 heterocycles. The SMILES string of the molecule is Cn1nc(-c2ccccc2CCN)oc1=O. The first-order valence-electron chi connectivity index (χ1n) is 5.05. The van der Waals surface area contributed by atoms with Crippen molar-refractivity contribution >= 4 is 0 Å². The Balaban J connectivity index is 2.50. The van der Waals surface area contributed by atoms with Gasteiger partial charge < -0.3 is 10.2 Å². The molecule has 2 aromatic rings. The molecule has 0 fully saturated rings. The maximum atomic E-state index is 11.2. The van der Waals surface area contributed by atoms with Crippen LogP contribution < -0.4 is 11.5 Å². The van der Waals surface area contributed by atoms with E-state index in [1.807, 2.05) is 24.3 Å². The molecule has 0 aliphatic carbocycles. The van der Waals surface area contributed by atoms with Crippen LogP contribution in [-0.2, 0) is 13.5 Å². The Labute approximate surface area is 92.5 Å². The molecule has 0 radical (unpaired) electrons. The second-order valence-corrected chi connectivity index (χ2v) is 3.49. The second-order valence-electron chi connectivity index (χ2n) is 3.49. The Hall–Kier alpha value is -1.88. The molecule has 0 atom stereocenters. The van der Waals surface area contributed by atoms with E-state index in [4.69, 9.17) is 10.2 Å². The van der Waals surface area contributed by atoms with Gasteiger partial charge in [-0.1, -0.05) is 18.2 Å². The lowest BCUT2D eigenvalue weighted by Crippen LogP contribution is -2.09. The van der Waals surface area contributed by atoms with E-state index < -0.39 is 5.76 Å². The van der Waals surface area contributed by atoms with E-state index in [2.05, 4.69) is 5.10 Å². The molecule has 84 valence electrons. The van der Waals surface area contributed by atoms with Gasteiger partial charge in [0, 0.05) is 12.6 Å². The lowest BCUT2D eigenvalue weighted by molar-refractivity contribution is 0.505. The summed E-state index contributed by atoms with van der Waals surface area (Å²) in [6, 6.07) is 7.63. The zero-order valence-electron chi connectivity index (χ0n) is 9.01. The van der Waals surface area contributed by atoms with Crippen molar-refractivity contribution in [2.75, 3.05) is 6.54 Å². The first-order chi connectivity index (χ1) is 7.72. The van der Waals surface area contributed by atoms with E-state index >= 15 is 0 Å². The molecule has 0 saturated carbocycles. The third-order valence-electron chi connectivity index (χ3n) is 2.35. The summed E-state index contributed by atoms with van der Waals surface area (Å²) in [7, 11) is 1.56. The quantitative estimate of drug-likeness (QED) is 0.817. The molecule has 0 bridgehead atoms. The van der Waals surface area contributed by atoms with Gasteiger partial charge in [0.1, 0.15) is 0 Å². The third-order valence-corrected chi connectivity index (χ3v) is 2.35. The number of aryl methyl sites for hydroxylation is 1. The predicted molar refractivity (Wildman–Crippen MR) is 59.9 cm³/mol. The van der Waals surface area contributed by atoms with Gasteiger partial charge in [0.2, 0.25) is 5.89 Å². The average molecular weight is 219 g/mol. The Bertz CT molecular complexity index is 542. The molecule has 1 aromatic heterocycles. The summed E-state index contributed by atoms with van der Waals surface area (Å²) in [5.74, 6) is -0.117. The summed E-state index contributed by atoms with van der Waals surface area (Å²) in [5, 5.41) is 4.02. The highest BCUT2D eigenvalue weighted by Crippen LogP contribution is 2.20. The van der Waals surface area contributed by atoms with E-state index in [0.717, 1.165) is 17.5 Å². The summed E-state index contributed by atoms with van der Waals surface area (Å²) < 4.78 is 6.22. The van der Waals surface area contributed by atoms with Gasteiger partial charge in [0.25, 0.3) is 0 Å². The minimum Gasteiger partial charge on any atom is -0.388 e. The Kier molecular flexibility index (Phi) is 2.87. The molecule has 0 spiro atoms. The third kappa shape index (κ3) is 1.90. The lowest BCUT2D eigenvalue weighted by Gasteiger charge is -2.03. The van der Waals surface area contributed by atoms with Gasteiger partial charge in [-0.05, 0) is 24.6 Å². The van der Waals surface area contributed by atoms with Crippen LogP contribution in [0.15, 0.2) is 33.5 Å². The van der Waals surface area contributed by atoms with Crippen molar-refractivity contribution in [3.05, 3.63) is 40.4 Å². The Morgan fingerprint density at radius 2 is 2.19 bits per heavy atom. The molecule has 0 amide bonds. The van der Waals surface area contributed by atoms with Crippen molar-refractivity contribution < 1.29 is 4.42 Å². The molecule has 16 heavy (non-hydrogen) atoms. The summed E-state index contributed by atoms with van der Waals surface area (Å²) >= 11 is 0. The summed E-state index contributed by atoms with van der Waals surface area (Å²) in [6.45, 7) is 0.550. The fourth-order valence-corrected chi connectivity index (χ4v) is 1.56. The zero-order valence-corrected chi connectivity index (χ0v) is 9.01. The van der Waals surface area contributed by atoms with Gasteiger partial charge in [-0.3, -0.25) is 0 Å². The largest absolute Gasteiger partial charge is 0.437 e. The second kappa shape index (κ2) is 4.32. The minimum absolute atomic E-state index is 0.344. The van der Waals surface area contributed by atoms with Crippen molar-refractivity contribution in [2.45, 2.75) is 6.42 Å². The molecule has 2 N–H and O–H groups in total. The van der Waals surface area contributed by atoms with Crippen LogP contribution in [0.4, 0.5) is 0 Å². The van der Waals surface area contributed by atoms with E-state index in [0.29, 0.717) is 12.4 Å². The number of hydrogen-bond acceptors (Lipinski definition) is 4. The van der Waals surface area contributed by atoms with E-state index in [1.165, 1.54) is 4.68 Å². The normalized spacial score (nSPS) is 10.6. The molecule has 5 nitrogen and oxygen atoms in total. The Morgan fingerprint density at radius 1 is 1.44 bits per heavy atom. The number of benzene rings is 1. The molecule has 0 aliphatic heterocycles. The van der Waals surface area contributed by atoms with Crippen molar-refractivity contribution in [3.8, 4) is 11.5 Å². The first-order valence-corrected chi connectivity index (χ1v) is 5.05. The number of nitrogens with zero attached hydrogens (tertiary/aromatic N) is 2. The molecule has 5 heteroatoms. The summed E-state index contributed by atoms with van der Waals surface area (Å²) in [4.78, 5) is 11.2. The Morgan fingerprint density at radius 3 is 2.81 bits per heavy atom. The van der Waals surface area contributed by atoms with Crippen LogP contribution in [0.5, 0.6) is 0 Å². The van der Waals surface area contributed by atoms with Crippen LogP contribution in [0.2, 0.25) is 0 Å². The number of nitrogens with two attached hydrogens (primary N) is 1. The van der Waals surface area contributed by atoms with Crippen LogP contribution in [0.3, 0.4) is 0 Å².